The van der Waals surface area contributed by atoms with Crippen LogP contribution < -0.4 is 19.5 Å². The molecule has 3 aromatic rings. The van der Waals surface area contributed by atoms with Gasteiger partial charge in [0, 0.05) is 6.54 Å². The van der Waals surface area contributed by atoms with Crippen molar-refractivity contribution in [3.63, 3.8) is 0 Å². The van der Waals surface area contributed by atoms with Crippen LogP contribution >= 0.6 is 0 Å². The first kappa shape index (κ1) is 19.6. The summed E-state index contributed by atoms with van der Waals surface area (Å²) in [6.45, 7) is 5.74. The summed E-state index contributed by atoms with van der Waals surface area (Å²) in [7, 11) is 0. The summed E-state index contributed by atoms with van der Waals surface area (Å²) in [5, 5.41) is 3.44. The van der Waals surface area contributed by atoms with E-state index >= 15 is 0 Å². The second kappa shape index (κ2) is 10.3. The Kier molecular flexibility index (Phi) is 7.19. The van der Waals surface area contributed by atoms with E-state index in [9.17, 15) is 0 Å². The molecule has 28 heavy (non-hydrogen) atoms. The Morgan fingerprint density at radius 3 is 2.14 bits per heavy atom. The van der Waals surface area contributed by atoms with Crippen LogP contribution in [-0.4, -0.2) is 19.3 Å². The molecule has 0 heterocycles. The molecule has 0 aliphatic rings. The van der Waals surface area contributed by atoms with Gasteiger partial charge in [-0.05, 0) is 55.8 Å². The molecule has 4 nitrogen and oxygen atoms in total. The van der Waals surface area contributed by atoms with Gasteiger partial charge in [0.05, 0.1) is 11.8 Å². The predicted octanol–water partition coefficient (Wildman–Crippen LogP) is 5.54. The van der Waals surface area contributed by atoms with Crippen LogP contribution in [-0.2, 0) is 6.54 Å². The summed E-state index contributed by atoms with van der Waals surface area (Å²) in [6, 6.07) is 25.8. The van der Waals surface area contributed by atoms with Gasteiger partial charge in [0.2, 0.25) is 0 Å². The average molecular weight is 377 g/mol. The van der Waals surface area contributed by atoms with Gasteiger partial charge in [-0.1, -0.05) is 42.5 Å². The first-order valence-electron chi connectivity index (χ1n) is 9.60. The number of hydrogen-bond acceptors (Lipinski definition) is 4. The average Bonchev–Trinajstić information content (AvgIpc) is 2.72. The molecule has 0 fully saturated rings. The van der Waals surface area contributed by atoms with Gasteiger partial charge in [0.25, 0.3) is 0 Å². The van der Waals surface area contributed by atoms with Crippen LogP contribution in [0.15, 0.2) is 78.9 Å². The minimum Gasteiger partial charge on any atom is -0.491 e. The third-order valence-corrected chi connectivity index (χ3v) is 4.02. The number of hydrogen-bond donors (Lipinski definition) is 1. The zero-order valence-corrected chi connectivity index (χ0v) is 16.4. The largest absolute Gasteiger partial charge is 0.491 e. The molecule has 0 spiro atoms. The molecule has 0 aromatic heterocycles. The molecule has 0 bridgehead atoms. The highest BCUT2D eigenvalue weighted by Crippen LogP contribution is 2.24. The first-order valence-corrected chi connectivity index (χ1v) is 9.60. The van der Waals surface area contributed by atoms with E-state index in [1.165, 1.54) is 5.56 Å². The third-order valence-electron chi connectivity index (χ3n) is 4.02. The Labute approximate surface area is 167 Å². The third kappa shape index (κ3) is 6.23. The van der Waals surface area contributed by atoms with Gasteiger partial charge in [-0.2, -0.15) is 0 Å². The van der Waals surface area contributed by atoms with Crippen LogP contribution in [0.2, 0.25) is 0 Å². The minimum absolute atomic E-state index is 0.180. The van der Waals surface area contributed by atoms with Crippen LogP contribution in [0.1, 0.15) is 19.4 Å². The van der Waals surface area contributed by atoms with Crippen molar-refractivity contribution < 1.29 is 14.2 Å². The lowest BCUT2D eigenvalue weighted by Gasteiger charge is -2.14. The molecular formula is C24H27NO3. The molecule has 146 valence electrons. The van der Waals surface area contributed by atoms with Crippen LogP contribution in [0.25, 0.3) is 0 Å². The van der Waals surface area contributed by atoms with Crippen molar-refractivity contribution >= 4 is 5.69 Å². The number of anilines is 1. The van der Waals surface area contributed by atoms with E-state index in [1.54, 1.807) is 0 Å². The molecule has 1 N–H and O–H groups in total. The molecule has 3 aromatic carbocycles. The summed E-state index contributed by atoms with van der Waals surface area (Å²) in [5.41, 5.74) is 2.14. The Bertz CT molecular complexity index is 832. The van der Waals surface area contributed by atoms with Gasteiger partial charge >= 0.3 is 0 Å². The van der Waals surface area contributed by atoms with E-state index in [-0.39, 0.29) is 6.10 Å². The number of para-hydroxylation sites is 3. The fourth-order valence-corrected chi connectivity index (χ4v) is 2.72. The predicted molar refractivity (Wildman–Crippen MR) is 113 cm³/mol. The van der Waals surface area contributed by atoms with Crippen molar-refractivity contribution in [3.8, 4) is 17.2 Å². The maximum Gasteiger partial charge on any atom is 0.142 e. The molecule has 0 unspecified atom stereocenters. The quantitative estimate of drug-likeness (QED) is 0.471. The van der Waals surface area contributed by atoms with Gasteiger partial charge in [0.15, 0.2) is 0 Å². The number of benzene rings is 3. The molecule has 3 rings (SSSR count). The highest BCUT2D eigenvalue weighted by molar-refractivity contribution is 5.56. The van der Waals surface area contributed by atoms with Crippen molar-refractivity contribution in [1.82, 2.24) is 0 Å². The highest BCUT2D eigenvalue weighted by Gasteiger charge is 2.04. The Hall–Kier alpha value is -3.14. The lowest BCUT2D eigenvalue weighted by atomic mass is 10.2. The SMILES string of the molecule is CC(C)Oc1ccc(CNc2ccccc2OCCOc2ccccc2)cc1. The van der Waals surface area contributed by atoms with Crippen molar-refractivity contribution in [2.24, 2.45) is 0 Å². The molecular weight excluding hydrogens is 350 g/mol. The molecule has 0 aliphatic carbocycles. The lowest BCUT2D eigenvalue weighted by Crippen LogP contribution is -2.10. The second-order valence-electron chi connectivity index (χ2n) is 6.67. The standard InChI is InChI=1S/C24H27NO3/c1-19(2)28-22-14-12-20(13-15-22)18-25-23-10-6-7-11-24(23)27-17-16-26-21-8-4-3-5-9-21/h3-15,19,25H,16-18H2,1-2H3. The summed E-state index contributed by atoms with van der Waals surface area (Å²) >= 11 is 0. The van der Waals surface area contributed by atoms with E-state index in [2.05, 4.69) is 17.4 Å². The lowest BCUT2D eigenvalue weighted by molar-refractivity contribution is 0.218. The smallest absolute Gasteiger partial charge is 0.142 e. The normalized spacial score (nSPS) is 10.5. The zero-order valence-electron chi connectivity index (χ0n) is 16.4. The van der Waals surface area contributed by atoms with Crippen molar-refractivity contribution in [2.45, 2.75) is 26.5 Å². The van der Waals surface area contributed by atoms with E-state index in [4.69, 9.17) is 14.2 Å². The van der Waals surface area contributed by atoms with Crippen LogP contribution in [0.5, 0.6) is 17.2 Å². The second-order valence-corrected chi connectivity index (χ2v) is 6.67. The Balaban J connectivity index is 1.49. The first-order chi connectivity index (χ1) is 13.7. The van der Waals surface area contributed by atoms with Gasteiger partial charge in [-0.3, -0.25) is 0 Å². The van der Waals surface area contributed by atoms with Crippen LogP contribution in [0, 0.1) is 0 Å². The molecule has 0 radical (unpaired) electrons. The molecule has 0 atom stereocenters. The van der Waals surface area contributed by atoms with E-state index in [1.807, 2.05) is 80.6 Å². The van der Waals surface area contributed by atoms with Crippen molar-refractivity contribution in [1.29, 1.82) is 0 Å². The molecule has 0 amide bonds. The Morgan fingerprint density at radius 1 is 0.714 bits per heavy atom. The zero-order chi connectivity index (χ0) is 19.6. The molecule has 4 heteroatoms. The van der Waals surface area contributed by atoms with E-state index in [0.717, 1.165) is 22.9 Å². The summed E-state index contributed by atoms with van der Waals surface area (Å²) in [6.07, 6.45) is 0.180. The molecule has 0 saturated carbocycles. The maximum absolute atomic E-state index is 5.90. The number of rotatable bonds is 10. The van der Waals surface area contributed by atoms with E-state index in [0.29, 0.717) is 19.8 Å². The summed E-state index contributed by atoms with van der Waals surface area (Å²) in [4.78, 5) is 0. The van der Waals surface area contributed by atoms with Crippen molar-refractivity contribution in [2.75, 3.05) is 18.5 Å². The maximum atomic E-state index is 5.90. The monoisotopic (exact) mass is 377 g/mol. The van der Waals surface area contributed by atoms with E-state index < -0.39 is 0 Å². The van der Waals surface area contributed by atoms with Gasteiger partial charge in [0.1, 0.15) is 30.5 Å². The summed E-state index contributed by atoms with van der Waals surface area (Å²) in [5.74, 6) is 2.56. The topological polar surface area (TPSA) is 39.7 Å². The van der Waals surface area contributed by atoms with Crippen LogP contribution in [0.3, 0.4) is 0 Å². The van der Waals surface area contributed by atoms with Crippen LogP contribution in [0.4, 0.5) is 5.69 Å². The minimum atomic E-state index is 0.180. The molecule has 0 aliphatic heterocycles. The highest BCUT2D eigenvalue weighted by atomic mass is 16.5. The molecule has 0 saturated heterocycles. The van der Waals surface area contributed by atoms with Gasteiger partial charge in [-0.15, -0.1) is 0 Å². The Morgan fingerprint density at radius 2 is 1.39 bits per heavy atom. The van der Waals surface area contributed by atoms with Gasteiger partial charge in [-0.25, -0.2) is 0 Å². The number of ether oxygens (including phenoxy) is 3. The number of nitrogens with one attached hydrogen (secondary N) is 1. The fraction of sp³-hybridized carbons (Fsp3) is 0.250. The van der Waals surface area contributed by atoms with Crippen molar-refractivity contribution in [3.05, 3.63) is 84.4 Å². The fourth-order valence-electron chi connectivity index (χ4n) is 2.72. The van der Waals surface area contributed by atoms with Gasteiger partial charge < -0.3 is 19.5 Å². The summed E-state index contributed by atoms with van der Waals surface area (Å²) < 4.78 is 17.3.